The predicted octanol–water partition coefficient (Wildman–Crippen LogP) is 4.52. The van der Waals surface area contributed by atoms with E-state index >= 15 is 0 Å². The van der Waals surface area contributed by atoms with E-state index in [-0.39, 0.29) is 5.91 Å². The van der Waals surface area contributed by atoms with Crippen LogP contribution >= 0.6 is 0 Å². The Labute approximate surface area is 136 Å². The van der Waals surface area contributed by atoms with Crippen molar-refractivity contribution in [2.24, 2.45) is 0 Å². The van der Waals surface area contributed by atoms with Gasteiger partial charge < -0.3 is 9.64 Å². The number of hydrogen-bond donors (Lipinski definition) is 0. The Hall–Kier alpha value is -2.81. The fraction of sp³-hybridized carbons (Fsp3) is 0.150. The van der Waals surface area contributed by atoms with Gasteiger partial charge in [-0.1, -0.05) is 42.5 Å². The van der Waals surface area contributed by atoms with Crippen LogP contribution in [0.25, 0.3) is 10.8 Å². The minimum absolute atomic E-state index is 0.0252. The maximum atomic E-state index is 13.0. The number of methoxy groups -OCH3 is 1. The molecule has 0 fully saturated rings. The second-order valence-electron chi connectivity index (χ2n) is 5.28. The molecule has 0 bridgehead atoms. The normalized spacial score (nSPS) is 10.5. The zero-order chi connectivity index (χ0) is 16.2. The highest BCUT2D eigenvalue weighted by molar-refractivity contribution is 6.10. The van der Waals surface area contributed by atoms with E-state index in [0.717, 1.165) is 16.5 Å². The standard InChI is InChI=1S/C20H19NO2/c1-3-21(20(22)16-10-6-11-17(14-16)23-2)19-13-7-9-15-8-4-5-12-18(15)19/h4-14H,3H2,1-2H3. The highest BCUT2D eigenvalue weighted by Gasteiger charge is 2.18. The second kappa shape index (κ2) is 6.53. The van der Waals surface area contributed by atoms with Gasteiger partial charge in [0.05, 0.1) is 12.8 Å². The van der Waals surface area contributed by atoms with Gasteiger partial charge in [0.1, 0.15) is 5.75 Å². The van der Waals surface area contributed by atoms with Crippen LogP contribution in [0.4, 0.5) is 5.69 Å². The molecule has 0 heterocycles. The van der Waals surface area contributed by atoms with Crippen LogP contribution in [0.15, 0.2) is 66.7 Å². The zero-order valence-electron chi connectivity index (χ0n) is 13.3. The molecule has 23 heavy (non-hydrogen) atoms. The van der Waals surface area contributed by atoms with Crippen LogP contribution in [-0.4, -0.2) is 19.6 Å². The van der Waals surface area contributed by atoms with Gasteiger partial charge in [-0.3, -0.25) is 4.79 Å². The SMILES string of the molecule is CCN(C(=O)c1cccc(OC)c1)c1cccc2ccccc12. The van der Waals surface area contributed by atoms with Crippen LogP contribution in [0, 0.1) is 0 Å². The molecular formula is C20H19NO2. The van der Waals surface area contributed by atoms with E-state index in [9.17, 15) is 4.79 Å². The van der Waals surface area contributed by atoms with Gasteiger partial charge in [-0.2, -0.15) is 0 Å². The number of ether oxygens (including phenoxy) is 1. The van der Waals surface area contributed by atoms with Crippen molar-refractivity contribution in [3.8, 4) is 5.75 Å². The van der Waals surface area contributed by atoms with Crippen molar-refractivity contribution in [2.45, 2.75) is 6.92 Å². The molecule has 3 heteroatoms. The summed E-state index contributed by atoms with van der Waals surface area (Å²) >= 11 is 0. The number of anilines is 1. The second-order valence-corrected chi connectivity index (χ2v) is 5.28. The Balaban J connectivity index is 2.06. The number of rotatable bonds is 4. The smallest absolute Gasteiger partial charge is 0.258 e. The van der Waals surface area contributed by atoms with Crippen LogP contribution in [-0.2, 0) is 0 Å². The van der Waals surface area contributed by atoms with Crippen LogP contribution in [0.5, 0.6) is 5.75 Å². The van der Waals surface area contributed by atoms with E-state index in [1.54, 1.807) is 18.1 Å². The lowest BCUT2D eigenvalue weighted by Gasteiger charge is -2.23. The van der Waals surface area contributed by atoms with Crippen molar-refractivity contribution in [1.29, 1.82) is 0 Å². The van der Waals surface area contributed by atoms with Crippen molar-refractivity contribution >= 4 is 22.4 Å². The third-order valence-electron chi connectivity index (χ3n) is 3.94. The summed E-state index contributed by atoms with van der Waals surface area (Å²) in [7, 11) is 1.60. The monoisotopic (exact) mass is 305 g/mol. The Morgan fingerprint density at radius 3 is 2.52 bits per heavy atom. The minimum Gasteiger partial charge on any atom is -0.497 e. The summed E-state index contributed by atoms with van der Waals surface area (Å²) in [6.07, 6.45) is 0. The first-order chi connectivity index (χ1) is 11.2. The van der Waals surface area contributed by atoms with Gasteiger partial charge in [0, 0.05) is 17.5 Å². The average molecular weight is 305 g/mol. The lowest BCUT2D eigenvalue weighted by atomic mass is 10.1. The molecule has 3 nitrogen and oxygen atoms in total. The van der Waals surface area contributed by atoms with Crippen molar-refractivity contribution in [3.05, 3.63) is 72.3 Å². The molecule has 0 aliphatic heterocycles. The van der Waals surface area contributed by atoms with Gasteiger partial charge in [-0.05, 0) is 36.6 Å². The van der Waals surface area contributed by atoms with Gasteiger partial charge in [0.15, 0.2) is 0 Å². The van der Waals surface area contributed by atoms with Crippen molar-refractivity contribution in [1.82, 2.24) is 0 Å². The summed E-state index contributed by atoms with van der Waals surface area (Å²) < 4.78 is 5.22. The van der Waals surface area contributed by atoms with E-state index in [2.05, 4.69) is 12.1 Å². The number of carbonyl (C=O) groups excluding carboxylic acids is 1. The molecule has 0 N–H and O–H groups in total. The Morgan fingerprint density at radius 2 is 1.74 bits per heavy atom. The van der Waals surface area contributed by atoms with E-state index in [1.165, 1.54) is 0 Å². The maximum Gasteiger partial charge on any atom is 0.258 e. The van der Waals surface area contributed by atoms with E-state index in [1.807, 2.05) is 55.5 Å². The maximum absolute atomic E-state index is 13.0. The van der Waals surface area contributed by atoms with Gasteiger partial charge >= 0.3 is 0 Å². The Morgan fingerprint density at radius 1 is 1.00 bits per heavy atom. The number of amides is 1. The van der Waals surface area contributed by atoms with Crippen LogP contribution in [0.2, 0.25) is 0 Å². The van der Waals surface area contributed by atoms with Crippen LogP contribution < -0.4 is 9.64 Å². The minimum atomic E-state index is -0.0252. The van der Waals surface area contributed by atoms with E-state index in [4.69, 9.17) is 4.74 Å². The molecule has 0 unspecified atom stereocenters. The summed E-state index contributed by atoms with van der Waals surface area (Å²) in [4.78, 5) is 14.8. The van der Waals surface area contributed by atoms with Gasteiger partial charge in [-0.25, -0.2) is 0 Å². The highest BCUT2D eigenvalue weighted by Crippen LogP contribution is 2.28. The molecule has 3 aromatic carbocycles. The molecule has 0 atom stereocenters. The summed E-state index contributed by atoms with van der Waals surface area (Å²) in [6.45, 7) is 2.59. The largest absolute Gasteiger partial charge is 0.497 e. The van der Waals surface area contributed by atoms with Crippen LogP contribution in [0.3, 0.4) is 0 Å². The molecule has 0 aromatic heterocycles. The Kier molecular flexibility index (Phi) is 4.29. The molecule has 1 amide bonds. The summed E-state index contributed by atoms with van der Waals surface area (Å²) in [6, 6.07) is 21.4. The Bertz CT molecular complexity index is 836. The summed E-state index contributed by atoms with van der Waals surface area (Å²) in [5.41, 5.74) is 1.55. The van der Waals surface area contributed by atoms with E-state index in [0.29, 0.717) is 17.9 Å². The lowest BCUT2D eigenvalue weighted by Crippen LogP contribution is -2.30. The zero-order valence-corrected chi connectivity index (χ0v) is 13.3. The van der Waals surface area contributed by atoms with Crippen molar-refractivity contribution < 1.29 is 9.53 Å². The van der Waals surface area contributed by atoms with Crippen molar-refractivity contribution in [3.63, 3.8) is 0 Å². The molecule has 116 valence electrons. The molecular weight excluding hydrogens is 286 g/mol. The predicted molar refractivity (Wildman–Crippen MR) is 94.3 cm³/mol. The molecule has 0 aliphatic carbocycles. The number of carbonyl (C=O) groups is 1. The van der Waals surface area contributed by atoms with E-state index < -0.39 is 0 Å². The number of benzene rings is 3. The highest BCUT2D eigenvalue weighted by atomic mass is 16.5. The number of hydrogen-bond acceptors (Lipinski definition) is 2. The number of nitrogens with zero attached hydrogens (tertiary/aromatic N) is 1. The van der Waals surface area contributed by atoms with Gasteiger partial charge in [0.2, 0.25) is 0 Å². The molecule has 0 radical (unpaired) electrons. The third-order valence-corrected chi connectivity index (χ3v) is 3.94. The summed E-state index contributed by atoms with van der Waals surface area (Å²) in [5, 5.41) is 2.20. The first-order valence-electron chi connectivity index (χ1n) is 7.68. The fourth-order valence-electron chi connectivity index (χ4n) is 2.78. The van der Waals surface area contributed by atoms with Gasteiger partial charge in [-0.15, -0.1) is 0 Å². The third kappa shape index (κ3) is 2.90. The lowest BCUT2D eigenvalue weighted by molar-refractivity contribution is 0.0988. The van der Waals surface area contributed by atoms with Crippen molar-refractivity contribution in [2.75, 3.05) is 18.6 Å². The first-order valence-corrected chi connectivity index (χ1v) is 7.68. The molecule has 0 spiro atoms. The molecule has 3 aromatic rings. The van der Waals surface area contributed by atoms with Crippen LogP contribution in [0.1, 0.15) is 17.3 Å². The molecule has 0 saturated carbocycles. The fourth-order valence-corrected chi connectivity index (χ4v) is 2.78. The summed E-state index contributed by atoms with van der Waals surface area (Å²) in [5.74, 6) is 0.660. The topological polar surface area (TPSA) is 29.5 Å². The average Bonchev–Trinajstić information content (AvgIpc) is 2.62. The number of fused-ring (bicyclic) bond motifs is 1. The molecule has 0 aliphatic rings. The quantitative estimate of drug-likeness (QED) is 0.709. The first kappa shape index (κ1) is 15.1. The molecule has 0 saturated heterocycles. The molecule has 3 rings (SSSR count). The van der Waals surface area contributed by atoms with Gasteiger partial charge in [0.25, 0.3) is 5.91 Å².